The first kappa shape index (κ1) is 8.13. The van der Waals surface area contributed by atoms with E-state index in [9.17, 15) is 10.1 Å². The van der Waals surface area contributed by atoms with Gasteiger partial charge >= 0.3 is 0 Å². The third-order valence-electron chi connectivity index (χ3n) is 1.29. The summed E-state index contributed by atoms with van der Waals surface area (Å²) < 4.78 is 0. The SMILES string of the molecule is CC(Cc1cn[c]s1)[N+](=O)[O-]. The first-order valence-electron chi connectivity index (χ1n) is 3.14. The van der Waals surface area contributed by atoms with Crippen LogP contribution in [-0.4, -0.2) is 15.9 Å². The van der Waals surface area contributed by atoms with Crippen LogP contribution in [0.2, 0.25) is 0 Å². The quantitative estimate of drug-likeness (QED) is 0.506. The van der Waals surface area contributed by atoms with Crippen LogP contribution in [0.1, 0.15) is 11.8 Å². The normalized spacial score (nSPS) is 12.8. The second-order valence-corrected chi connectivity index (χ2v) is 3.17. The van der Waals surface area contributed by atoms with Gasteiger partial charge in [-0.3, -0.25) is 10.1 Å². The Kier molecular flexibility index (Phi) is 2.53. The molecule has 59 valence electrons. The minimum absolute atomic E-state index is 0.292. The maximum atomic E-state index is 10.2. The number of hydrogen-bond acceptors (Lipinski definition) is 4. The van der Waals surface area contributed by atoms with Gasteiger partial charge in [-0.2, -0.15) is 0 Å². The highest BCUT2D eigenvalue weighted by atomic mass is 32.1. The van der Waals surface area contributed by atoms with Gasteiger partial charge in [-0.1, -0.05) is 0 Å². The van der Waals surface area contributed by atoms with E-state index in [2.05, 4.69) is 10.5 Å². The van der Waals surface area contributed by atoms with Crippen molar-refractivity contribution in [3.8, 4) is 0 Å². The lowest BCUT2D eigenvalue weighted by atomic mass is 10.2. The maximum Gasteiger partial charge on any atom is 0.215 e. The highest BCUT2D eigenvalue weighted by Crippen LogP contribution is 2.08. The van der Waals surface area contributed by atoms with Gasteiger partial charge in [-0.05, 0) is 0 Å². The Morgan fingerprint density at radius 2 is 2.73 bits per heavy atom. The molecule has 0 amide bonds. The molecule has 0 spiro atoms. The van der Waals surface area contributed by atoms with Crippen LogP contribution in [0.15, 0.2) is 6.20 Å². The van der Waals surface area contributed by atoms with Gasteiger partial charge in [0.15, 0.2) is 5.51 Å². The molecule has 5 heteroatoms. The minimum Gasteiger partial charge on any atom is -0.264 e. The Balaban J connectivity index is 2.50. The molecule has 1 radical (unpaired) electrons. The zero-order valence-electron chi connectivity index (χ0n) is 5.98. The fourth-order valence-corrected chi connectivity index (χ4v) is 1.32. The molecule has 1 unspecified atom stereocenters. The lowest BCUT2D eigenvalue weighted by Crippen LogP contribution is -2.16. The van der Waals surface area contributed by atoms with Gasteiger partial charge in [0.2, 0.25) is 6.04 Å². The minimum atomic E-state index is -0.524. The van der Waals surface area contributed by atoms with E-state index < -0.39 is 6.04 Å². The van der Waals surface area contributed by atoms with E-state index in [1.165, 1.54) is 11.3 Å². The highest BCUT2D eigenvalue weighted by molar-refractivity contribution is 7.09. The van der Waals surface area contributed by atoms with Crippen LogP contribution < -0.4 is 0 Å². The molecule has 1 atom stereocenters. The molecule has 0 aliphatic heterocycles. The lowest BCUT2D eigenvalue weighted by Gasteiger charge is -1.98. The summed E-state index contributed by atoms with van der Waals surface area (Å²) in [5.41, 5.74) is 2.64. The molecule has 11 heavy (non-hydrogen) atoms. The van der Waals surface area contributed by atoms with E-state index in [4.69, 9.17) is 0 Å². The summed E-state index contributed by atoms with van der Waals surface area (Å²) in [4.78, 5) is 14.5. The van der Waals surface area contributed by atoms with Crippen molar-refractivity contribution in [1.82, 2.24) is 4.98 Å². The Hall–Kier alpha value is -0.970. The van der Waals surface area contributed by atoms with Crippen molar-refractivity contribution in [2.75, 3.05) is 0 Å². The molecular formula is C6H7N2O2S. The Morgan fingerprint density at radius 1 is 2.00 bits per heavy atom. The van der Waals surface area contributed by atoms with Gasteiger partial charge in [0.25, 0.3) is 0 Å². The van der Waals surface area contributed by atoms with E-state index in [1.54, 1.807) is 13.1 Å². The van der Waals surface area contributed by atoms with Crippen molar-refractivity contribution < 1.29 is 4.92 Å². The lowest BCUT2D eigenvalue weighted by molar-refractivity contribution is -0.517. The molecule has 1 heterocycles. The second-order valence-electron chi connectivity index (χ2n) is 2.26. The third-order valence-corrected chi connectivity index (χ3v) is 2.03. The summed E-state index contributed by atoms with van der Waals surface area (Å²) in [5, 5.41) is 10.2. The molecule has 0 saturated carbocycles. The number of thiazole rings is 1. The summed E-state index contributed by atoms with van der Waals surface area (Å²) >= 11 is 1.33. The van der Waals surface area contributed by atoms with E-state index >= 15 is 0 Å². The molecule has 4 nitrogen and oxygen atoms in total. The molecule has 1 rings (SSSR count). The van der Waals surface area contributed by atoms with Crippen molar-refractivity contribution in [3.05, 3.63) is 26.7 Å². The predicted octanol–water partition coefficient (Wildman–Crippen LogP) is 1.15. The summed E-state index contributed by atoms with van der Waals surface area (Å²) in [7, 11) is 0. The molecular weight excluding hydrogens is 164 g/mol. The van der Waals surface area contributed by atoms with Gasteiger partial charge in [0.05, 0.1) is 6.42 Å². The molecule has 0 aromatic carbocycles. The number of hydrogen-bond donors (Lipinski definition) is 0. The van der Waals surface area contributed by atoms with Crippen LogP contribution in [-0.2, 0) is 6.42 Å². The van der Waals surface area contributed by atoms with Gasteiger partial charge in [-0.15, -0.1) is 11.3 Å². The molecule has 1 aromatic rings. The molecule has 0 saturated heterocycles. The van der Waals surface area contributed by atoms with E-state index in [-0.39, 0.29) is 4.92 Å². The number of rotatable bonds is 3. The van der Waals surface area contributed by atoms with Crippen LogP contribution in [0.3, 0.4) is 0 Å². The van der Waals surface area contributed by atoms with E-state index in [1.807, 2.05) is 0 Å². The number of nitrogens with zero attached hydrogens (tertiary/aromatic N) is 2. The van der Waals surface area contributed by atoms with Crippen LogP contribution in [0, 0.1) is 15.6 Å². The van der Waals surface area contributed by atoms with Gasteiger partial charge in [0, 0.05) is 22.9 Å². The van der Waals surface area contributed by atoms with Gasteiger partial charge < -0.3 is 0 Å². The second kappa shape index (κ2) is 3.43. The largest absolute Gasteiger partial charge is 0.264 e. The first-order chi connectivity index (χ1) is 5.20. The molecule has 0 N–H and O–H groups in total. The zero-order chi connectivity index (χ0) is 8.27. The monoisotopic (exact) mass is 171 g/mol. The molecule has 0 aliphatic rings. The van der Waals surface area contributed by atoms with Crippen LogP contribution in [0.4, 0.5) is 0 Å². The van der Waals surface area contributed by atoms with Crippen molar-refractivity contribution in [1.29, 1.82) is 0 Å². The Labute approximate surface area is 68.0 Å². The summed E-state index contributed by atoms with van der Waals surface area (Å²) in [6.07, 6.45) is 2.07. The average Bonchev–Trinajstić information content (AvgIpc) is 2.39. The molecule has 0 fully saturated rings. The molecule has 0 aliphatic carbocycles. The van der Waals surface area contributed by atoms with Crippen molar-refractivity contribution in [3.63, 3.8) is 0 Å². The van der Waals surface area contributed by atoms with Crippen LogP contribution in [0.5, 0.6) is 0 Å². The summed E-state index contributed by atoms with van der Waals surface area (Å²) in [6.45, 7) is 1.58. The smallest absolute Gasteiger partial charge is 0.215 e. The highest BCUT2D eigenvalue weighted by Gasteiger charge is 2.13. The van der Waals surface area contributed by atoms with Crippen molar-refractivity contribution in [2.24, 2.45) is 0 Å². The number of aromatic nitrogens is 1. The van der Waals surface area contributed by atoms with Gasteiger partial charge in [0.1, 0.15) is 0 Å². The van der Waals surface area contributed by atoms with Crippen LogP contribution >= 0.6 is 11.3 Å². The Bertz CT molecular complexity index is 235. The topological polar surface area (TPSA) is 56.0 Å². The fourth-order valence-electron chi connectivity index (χ4n) is 0.670. The average molecular weight is 171 g/mol. The van der Waals surface area contributed by atoms with Crippen molar-refractivity contribution >= 4 is 11.3 Å². The molecule has 0 bridgehead atoms. The Morgan fingerprint density at radius 3 is 3.18 bits per heavy atom. The van der Waals surface area contributed by atoms with Gasteiger partial charge in [-0.25, -0.2) is 4.98 Å². The van der Waals surface area contributed by atoms with E-state index in [0.29, 0.717) is 6.42 Å². The summed E-state index contributed by atoms with van der Waals surface area (Å²) in [6, 6.07) is -0.524. The summed E-state index contributed by atoms with van der Waals surface area (Å²) in [5.74, 6) is 0. The first-order valence-corrected chi connectivity index (χ1v) is 3.96. The van der Waals surface area contributed by atoms with Crippen molar-refractivity contribution in [2.45, 2.75) is 19.4 Å². The van der Waals surface area contributed by atoms with Crippen LogP contribution in [0.25, 0.3) is 0 Å². The number of nitro groups is 1. The molecule has 1 aromatic heterocycles. The predicted molar refractivity (Wildman–Crippen MR) is 41.1 cm³/mol. The van der Waals surface area contributed by atoms with E-state index in [0.717, 1.165) is 4.88 Å². The zero-order valence-corrected chi connectivity index (χ0v) is 6.80. The third kappa shape index (κ3) is 2.27. The fraction of sp³-hybridized carbons (Fsp3) is 0.500. The maximum absolute atomic E-state index is 10.2. The standard InChI is InChI=1S/C6H7N2O2S/c1-5(8(9)10)2-6-3-7-4-11-6/h3,5H,2H2,1H3.